The molecule has 0 aliphatic carbocycles. The van der Waals surface area contributed by atoms with E-state index in [0.717, 1.165) is 21.8 Å². The number of thiazole rings is 1. The molecule has 1 aromatic carbocycles. The van der Waals surface area contributed by atoms with E-state index >= 15 is 0 Å². The molecule has 4 nitrogen and oxygen atoms in total. The van der Waals surface area contributed by atoms with E-state index in [0.29, 0.717) is 5.76 Å². The maximum absolute atomic E-state index is 13.1. The zero-order valence-corrected chi connectivity index (χ0v) is 13.0. The minimum Gasteiger partial charge on any atom is -0.460 e. The highest BCUT2D eigenvalue weighted by Crippen LogP contribution is 2.20. The first-order chi connectivity index (χ1) is 10.7. The lowest BCUT2D eigenvalue weighted by Gasteiger charge is -2.02. The first kappa shape index (κ1) is 14.5. The van der Waals surface area contributed by atoms with Crippen molar-refractivity contribution in [2.45, 2.75) is 6.92 Å². The molecule has 112 valence electrons. The molecule has 0 unspecified atom stereocenters. The highest BCUT2D eigenvalue weighted by Gasteiger charge is 2.07. The monoisotopic (exact) mass is 315 g/mol. The van der Waals surface area contributed by atoms with Gasteiger partial charge in [-0.1, -0.05) is 0 Å². The minimum atomic E-state index is -0.263. The Morgan fingerprint density at radius 3 is 2.59 bits per heavy atom. The van der Waals surface area contributed by atoms with E-state index in [2.05, 4.69) is 10.1 Å². The Morgan fingerprint density at radius 1 is 1.18 bits per heavy atom. The van der Waals surface area contributed by atoms with E-state index in [4.69, 9.17) is 4.42 Å². The molecule has 0 atom stereocenters. The fourth-order valence-electron chi connectivity index (χ4n) is 2.02. The highest BCUT2D eigenvalue weighted by atomic mass is 32.1. The summed E-state index contributed by atoms with van der Waals surface area (Å²) in [5, 5.41) is 6.38. The molecule has 2 aromatic heterocycles. The summed E-state index contributed by atoms with van der Waals surface area (Å²) in [6.07, 6.45) is 1.64. The molecule has 0 saturated carbocycles. The van der Waals surface area contributed by atoms with Gasteiger partial charge in [0.2, 0.25) is 4.80 Å². The smallest absolute Gasteiger partial charge is 0.205 e. The zero-order valence-electron chi connectivity index (χ0n) is 12.2. The summed E-state index contributed by atoms with van der Waals surface area (Å²) in [6.45, 7) is 1.88. The Labute approximate surface area is 130 Å². The van der Waals surface area contributed by atoms with E-state index in [1.165, 1.54) is 23.5 Å². The predicted molar refractivity (Wildman–Crippen MR) is 85.6 cm³/mol. The van der Waals surface area contributed by atoms with Gasteiger partial charge >= 0.3 is 0 Å². The molecule has 0 radical (unpaired) electrons. The van der Waals surface area contributed by atoms with Gasteiger partial charge in [0.15, 0.2) is 0 Å². The van der Waals surface area contributed by atoms with Crippen LogP contribution in [0.5, 0.6) is 0 Å². The van der Waals surface area contributed by atoms with Gasteiger partial charge in [0, 0.05) is 18.0 Å². The molecule has 0 amide bonds. The summed E-state index contributed by atoms with van der Waals surface area (Å²) < 4.78 is 20.3. The van der Waals surface area contributed by atoms with Gasteiger partial charge in [0.05, 0.1) is 11.9 Å². The molecule has 22 heavy (non-hydrogen) atoms. The fourth-order valence-corrected chi connectivity index (χ4v) is 2.82. The number of aromatic nitrogens is 1. The Kier molecular flexibility index (Phi) is 4.02. The topological polar surface area (TPSA) is 42.8 Å². The lowest BCUT2D eigenvalue weighted by atomic mass is 10.2. The van der Waals surface area contributed by atoms with E-state index in [1.54, 1.807) is 30.1 Å². The van der Waals surface area contributed by atoms with Crippen molar-refractivity contribution in [2.75, 3.05) is 7.05 Å². The van der Waals surface area contributed by atoms with Crippen molar-refractivity contribution in [3.8, 4) is 11.3 Å². The van der Waals surface area contributed by atoms with Crippen molar-refractivity contribution in [2.24, 2.45) is 10.1 Å². The van der Waals surface area contributed by atoms with Crippen LogP contribution in [0.15, 0.2) is 56.3 Å². The molecule has 0 fully saturated rings. The molecule has 0 aliphatic heterocycles. The van der Waals surface area contributed by atoms with Gasteiger partial charge in [-0.2, -0.15) is 5.10 Å². The third-order valence-electron chi connectivity index (χ3n) is 3.08. The number of aryl methyl sites for hydroxylation is 1. The molecule has 0 spiro atoms. The second-order valence-electron chi connectivity index (χ2n) is 4.64. The second-order valence-corrected chi connectivity index (χ2v) is 5.48. The lowest BCUT2D eigenvalue weighted by Crippen LogP contribution is -2.11. The molecule has 2 heterocycles. The molecular formula is C16H14FN3OS. The lowest BCUT2D eigenvalue weighted by molar-refractivity contribution is 0.527. The van der Waals surface area contributed by atoms with Crippen LogP contribution in [0, 0.1) is 12.7 Å². The Morgan fingerprint density at radius 2 is 1.95 bits per heavy atom. The van der Waals surface area contributed by atoms with Crippen molar-refractivity contribution in [1.29, 1.82) is 0 Å². The normalized spacial score (nSPS) is 12.4. The number of nitrogens with zero attached hydrogens (tertiary/aromatic N) is 3. The number of hydrogen-bond acceptors (Lipinski definition) is 4. The zero-order chi connectivity index (χ0) is 15.5. The Balaban J connectivity index is 2.04. The van der Waals surface area contributed by atoms with Gasteiger partial charge in [-0.25, -0.2) is 9.07 Å². The van der Waals surface area contributed by atoms with Gasteiger partial charge < -0.3 is 4.42 Å². The van der Waals surface area contributed by atoms with Crippen LogP contribution in [0.3, 0.4) is 0 Å². The summed E-state index contributed by atoms with van der Waals surface area (Å²) >= 11 is 1.47. The largest absolute Gasteiger partial charge is 0.460 e. The molecule has 3 aromatic rings. The first-order valence-corrected chi connectivity index (χ1v) is 7.55. The van der Waals surface area contributed by atoms with Crippen LogP contribution in [0.1, 0.15) is 11.5 Å². The molecule has 6 heteroatoms. The van der Waals surface area contributed by atoms with Gasteiger partial charge in [-0.3, -0.25) is 4.99 Å². The van der Waals surface area contributed by atoms with E-state index in [1.807, 2.05) is 24.4 Å². The third-order valence-corrected chi connectivity index (χ3v) is 3.99. The Bertz CT molecular complexity index is 871. The third kappa shape index (κ3) is 2.92. The van der Waals surface area contributed by atoms with Crippen LogP contribution < -0.4 is 4.80 Å². The number of halogens is 1. The number of benzene rings is 1. The first-order valence-electron chi connectivity index (χ1n) is 6.67. The molecule has 0 saturated heterocycles. The number of rotatable bonds is 3. The van der Waals surface area contributed by atoms with Gasteiger partial charge in [0.1, 0.15) is 17.3 Å². The quantitative estimate of drug-likeness (QED) is 0.680. The van der Waals surface area contributed by atoms with Crippen LogP contribution in [-0.2, 0) is 0 Å². The van der Waals surface area contributed by atoms with Crippen molar-refractivity contribution in [3.63, 3.8) is 0 Å². The maximum atomic E-state index is 13.1. The summed E-state index contributed by atoms with van der Waals surface area (Å²) in [7, 11) is 1.71. The Hall–Kier alpha value is -2.47. The average molecular weight is 315 g/mol. The second kappa shape index (κ2) is 6.11. The minimum absolute atomic E-state index is 0.263. The molecule has 3 rings (SSSR count). The van der Waals surface area contributed by atoms with Gasteiger partial charge in [-0.15, -0.1) is 11.3 Å². The van der Waals surface area contributed by atoms with Crippen molar-refractivity contribution in [1.82, 2.24) is 4.68 Å². The van der Waals surface area contributed by atoms with Gasteiger partial charge in [0.25, 0.3) is 0 Å². The molecule has 0 bridgehead atoms. The summed E-state index contributed by atoms with van der Waals surface area (Å²) in [5.74, 6) is 1.24. The van der Waals surface area contributed by atoms with E-state index < -0.39 is 0 Å². The van der Waals surface area contributed by atoms with E-state index in [-0.39, 0.29) is 5.82 Å². The molecule has 0 aliphatic rings. The van der Waals surface area contributed by atoms with Crippen LogP contribution in [-0.4, -0.2) is 17.9 Å². The molecule has 0 N–H and O–H groups in total. The van der Waals surface area contributed by atoms with Crippen LogP contribution in [0.2, 0.25) is 0 Å². The summed E-state index contributed by atoms with van der Waals surface area (Å²) in [6, 6.07) is 10.0. The summed E-state index contributed by atoms with van der Waals surface area (Å²) in [5.41, 5.74) is 1.73. The fraction of sp³-hybridized carbons (Fsp3) is 0.125. The SMILES string of the molecule is CN=c1scc(-c2ccc(F)cc2)n1N=Cc1ccc(C)o1. The van der Waals surface area contributed by atoms with Crippen LogP contribution in [0.25, 0.3) is 11.3 Å². The van der Waals surface area contributed by atoms with E-state index in [9.17, 15) is 4.39 Å². The maximum Gasteiger partial charge on any atom is 0.205 e. The number of furan rings is 1. The van der Waals surface area contributed by atoms with Crippen LogP contribution >= 0.6 is 11.3 Å². The average Bonchev–Trinajstić information content (AvgIpc) is 3.11. The predicted octanol–water partition coefficient (Wildman–Crippen LogP) is 3.67. The number of hydrogen-bond donors (Lipinski definition) is 0. The van der Waals surface area contributed by atoms with Crippen LogP contribution in [0.4, 0.5) is 4.39 Å². The van der Waals surface area contributed by atoms with Crippen molar-refractivity contribution < 1.29 is 8.81 Å². The summed E-state index contributed by atoms with van der Waals surface area (Å²) in [4.78, 5) is 4.96. The van der Waals surface area contributed by atoms with Gasteiger partial charge in [-0.05, 0) is 43.3 Å². The van der Waals surface area contributed by atoms with Crippen molar-refractivity contribution >= 4 is 17.6 Å². The standard InChI is InChI=1S/C16H14FN3OS/c1-11-3-8-14(21-11)9-19-20-15(10-22-16(20)18-2)12-4-6-13(17)7-5-12/h3-10H,1-2H3. The molecular weight excluding hydrogens is 301 g/mol. The highest BCUT2D eigenvalue weighted by molar-refractivity contribution is 7.07. The van der Waals surface area contributed by atoms with Crippen molar-refractivity contribution in [3.05, 3.63) is 63.9 Å².